The summed E-state index contributed by atoms with van der Waals surface area (Å²) in [6, 6.07) is 22.6. The molecule has 0 aliphatic heterocycles. The van der Waals surface area contributed by atoms with Gasteiger partial charge in [0.05, 0.1) is 5.69 Å². The van der Waals surface area contributed by atoms with Crippen LogP contribution in [0.1, 0.15) is 42.5 Å². The zero-order chi connectivity index (χ0) is 20.1. The Morgan fingerprint density at radius 2 is 1.68 bits per heavy atom. The number of aliphatic imine (C=N–C) groups is 1. The molecule has 0 heterocycles. The van der Waals surface area contributed by atoms with Gasteiger partial charge in [-0.15, -0.1) is 0 Å². The highest BCUT2D eigenvalue weighted by Gasteiger charge is 2.29. The first-order valence-corrected chi connectivity index (χ1v) is 10.7. The zero-order valence-electron chi connectivity index (χ0n) is 17.0. The molecule has 3 rings (SSSR count). The van der Waals surface area contributed by atoms with Crippen LogP contribution >= 0.6 is 8.58 Å². The van der Waals surface area contributed by atoms with E-state index in [0.29, 0.717) is 14.3 Å². The lowest BCUT2D eigenvalue weighted by Crippen LogP contribution is -2.20. The molecule has 28 heavy (non-hydrogen) atoms. The summed E-state index contributed by atoms with van der Waals surface area (Å²) in [6.07, 6.45) is 2.90. The standard InChI is InChI=1S/C25H28NOP/c1-5-25(4,22-16-18(2)15-19(3)24(22)27)28-23-14-10-9-11-20(23)17-26-21-12-7-6-8-13-21/h6-17,27-28H,5H2,1-4H3. The van der Waals surface area contributed by atoms with Crippen molar-refractivity contribution in [1.29, 1.82) is 0 Å². The molecule has 3 aromatic carbocycles. The van der Waals surface area contributed by atoms with Crippen molar-refractivity contribution in [2.45, 2.75) is 39.3 Å². The smallest absolute Gasteiger partial charge is 0.122 e. The Balaban J connectivity index is 1.97. The minimum absolute atomic E-state index is 0.127. The Morgan fingerprint density at radius 3 is 2.39 bits per heavy atom. The Bertz CT molecular complexity index is 981. The fourth-order valence-corrected chi connectivity index (χ4v) is 4.97. The number of benzene rings is 3. The molecular weight excluding hydrogens is 361 g/mol. The van der Waals surface area contributed by atoms with Crippen molar-refractivity contribution in [1.82, 2.24) is 0 Å². The van der Waals surface area contributed by atoms with Crippen LogP contribution in [0.5, 0.6) is 5.75 Å². The Hall–Kier alpha value is -2.44. The van der Waals surface area contributed by atoms with E-state index in [1.165, 1.54) is 10.9 Å². The van der Waals surface area contributed by atoms with E-state index in [-0.39, 0.29) is 5.16 Å². The number of phenols is 1. The normalized spacial score (nSPS) is 14.0. The van der Waals surface area contributed by atoms with Gasteiger partial charge in [-0.3, -0.25) is 4.99 Å². The topological polar surface area (TPSA) is 32.6 Å². The lowest BCUT2D eigenvalue weighted by Gasteiger charge is -2.31. The molecule has 0 aliphatic rings. The number of hydrogen-bond donors (Lipinski definition) is 1. The number of aromatic hydroxyl groups is 1. The van der Waals surface area contributed by atoms with Crippen LogP contribution in [0.25, 0.3) is 0 Å². The van der Waals surface area contributed by atoms with E-state index in [1.54, 1.807) is 0 Å². The van der Waals surface area contributed by atoms with E-state index < -0.39 is 0 Å². The second-order valence-electron chi connectivity index (χ2n) is 7.47. The molecule has 0 radical (unpaired) electrons. The van der Waals surface area contributed by atoms with Crippen molar-refractivity contribution in [3.05, 3.63) is 89.0 Å². The number of para-hydroxylation sites is 1. The lowest BCUT2D eigenvalue weighted by atomic mass is 9.93. The van der Waals surface area contributed by atoms with Crippen LogP contribution in [0.15, 0.2) is 71.7 Å². The summed E-state index contributed by atoms with van der Waals surface area (Å²) in [5.74, 6) is 0.429. The Labute approximate surface area is 170 Å². The van der Waals surface area contributed by atoms with Gasteiger partial charge in [-0.2, -0.15) is 0 Å². The van der Waals surface area contributed by atoms with Crippen LogP contribution in [0.2, 0.25) is 0 Å². The van der Waals surface area contributed by atoms with Gasteiger partial charge in [-0.05, 0) is 43.3 Å². The highest BCUT2D eigenvalue weighted by Crippen LogP contribution is 2.48. The minimum Gasteiger partial charge on any atom is -0.507 e. The second kappa shape index (κ2) is 8.71. The summed E-state index contributed by atoms with van der Waals surface area (Å²) in [7, 11) is 0.530. The summed E-state index contributed by atoms with van der Waals surface area (Å²) in [6.45, 7) is 8.52. The van der Waals surface area contributed by atoms with Gasteiger partial charge < -0.3 is 5.11 Å². The van der Waals surface area contributed by atoms with Gasteiger partial charge in [0.25, 0.3) is 0 Å². The fourth-order valence-electron chi connectivity index (χ4n) is 3.41. The van der Waals surface area contributed by atoms with Crippen LogP contribution < -0.4 is 5.30 Å². The lowest BCUT2D eigenvalue weighted by molar-refractivity contribution is 0.452. The number of hydrogen-bond acceptors (Lipinski definition) is 2. The summed E-state index contributed by atoms with van der Waals surface area (Å²) >= 11 is 0. The van der Waals surface area contributed by atoms with E-state index in [9.17, 15) is 5.11 Å². The molecule has 1 N–H and O–H groups in total. The number of rotatable bonds is 6. The minimum atomic E-state index is -0.127. The van der Waals surface area contributed by atoms with Gasteiger partial charge in [-0.1, -0.05) is 82.6 Å². The zero-order valence-corrected chi connectivity index (χ0v) is 18.0. The predicted molar refractivity (Wildman–Crippen MR) is 123 cm³/mol. The largest absolute Gasteiger partial charge is 0.507 e. The van der Waals surface area contributed by atoms with E-state index in [1.807, 2.05) is 49.5 Å². The average Bonchev–Trinajstić information content (AvgIpc) is 2.70. The van der Waals surface area contributed by atoms with Gasteiger partial charge in [0.1, 0.15) is 5.75 Å². The molecular formula is C25H28NOP. The SMILES string of the molecule is CCC(C)(Pc1ccccc1C=Nc1ccccc1)c1cc(C)cc(C)c1O. The second-order valence-corrected chi connectivity index (χ2v) is 9.36. The van der Waals surface area contributed by atoms with Gasteiger partial charge in [0.15, 0.2) is 0 Å². The van der Waals surface area contributed by atoms with E-state index in [2.05, 4.69) is 56.1 Å². The summed E-state index contributed by atoms with van der Waals surface area (Å²) < 4.78 is 0. The molecule has 2 atom stereocenters. The molecule has 0 spiro atoms. The molecule has 0 bridgehead atoms. The third kappa shape index (κ3) is 4.51. The average molecular weight is 389 g/mol. The van der Waals surface area contributed by atoms with Crippen LogP contribution in [0.3, 0.4) is 0 Å². The Kier molecular flexibility index (Phi) is 6.31. The van der Waals surface area contributed by atoms with Crippen LogP contribution in [-0.2, 0) is 5.16 Å². The first-order chi connectivity index (χ1) is 13.4. The molecule has 2 unspecified atom stereocenters. The summed E-state index contributed by atoms with van der Waals surface area (Å²) in [4.78, 5) is 4.64. The van der Waals surface area contributed by atoms with Crippen molar-refractivity contribution in [2.24, 2.45) is 4.99 Å². The number of aryl methyl sites for hydroxylation is 2. The molecule has 0 amide bonds. The van der Waals surface area contributed by atoms with Crippen LogP contribution in [0, 0.1) is 13.8 Å². The maximum Gasteiger partial charge on any atom is 0.122 e. The van der Waals surface area contributed by atoms with E-state index >= 15 is 0 Å². The molecule has 3 heteroatoms. The quantitative estimate of drug-likeness (QED) is 0.384. The van der Waals surface area contributed by atoms with E-state index in [0.717, 1.165) is 28.8 Å². The molecule has 0 saturated carbocycles. The van der Waals surface area contributed by atoms with Gasteiger partial charge >= 0.3 is 0 Å². The van der Waals surface area contributed by atoms with Crippen molar-refractivity contribution in [2.75, 3.05) is 0 Å². The summed E-state index contributed by atoms with van der Waals surface area (Å²) in [5, 5.41) is 11.9. The van der Waals surface area contributed by atoms with Gasteiger partial charge in [0, 0.05) is 22.5 Å². The first-order valence-electron chi connectivity index (χ1n) is 9.70. The van der Waals surface area contributed by atoms with E-state index in [4.69, 9.17) is 0 Å². The van der Waals surface area contributed by atoms with Crippen molar-refractivity contribution >= 4 is 25.8 Å². The third-order valence-electron chi connectivity index (χ3n) is 5.23. The monoisotopic (exact) mass is 389 g/mol. The van der Waals surface area contributed by atoms with Crippen LogP contribution in [-0.4, -0.2) is 11.3 Å². The third-order valence-corrected chi connectivity index (χ3v) is 7.13. The first kappa shape index (κ1) is 20.3. The molecule has 0 aliphatic carbocycles. The van der Waals surface area contributed by atoms with Crippen molar-refractivity contribution in [3.8, 4) is 5.75 Å². The molecule has 0 aromatic heterocycles. The molecule has 0 saturated heterocycles. The van der Waals surface area contributed by atoms with Crippen LogP contribution in [0.4, 0.5) is 5.69 Å². The van der Waals surface area contributed by atoms with Gasteiger partial charge in [-0.25, -0.2) is 0 Å². The maximum absolute atomic E-state index is 10.8. The molecule has 0 fully saturated rings. The number of phenolic OH excluding ortho intramolecular Hbond substituents is 1. The maximum atomic E-state index is 10.8. The van der Waals surface area contributed by atoms with Crippen molar-refractivity contribution in [3.63, 3.8) is 0 Å². The van der Waals surface area contributed by atoms with Gasteiger partial charge in [0.2, 0.25) is 0 Å². The highest BCUT2D eigenvalue weighted by molar-refractivity contribution is 7.48. The fraction of sp³-hybridized carbons (Fsp3) is 0.240. The molecule has 144 valence electrons. The molecule has 2 nitrogen and oxygen atoms in total. The molecule has 3 aromatic rings. The highest BCUT2D eigenvalue weighted by atomic mass is 31.1. The predicted octanol–water partition coefficient (Wildman–Crippen LogP) is 6.39. The number of nitrogens with zero attached hydrogens (tertiary/aromatic N) is 1. The van der Waals surface area contributed by atoms with Crippen molar-refractivity contribution < 1.29 is 5.11 Å². The Morgan fingerprint density at radius 1 is 1.00 bits per heavy atom. The summed E-state index contributed by atoms with van der Waals surface area (Å²) in [5.41, 5.74) is 5.26.